The van der Waals surface area contributed by atoms with E-state index in [1.165, 1.54) is 31.9 Å². The van der Waals surface area contributed by atoms with Gasteiger partial charge in [-0.25, -0.2) is 0 Å². The number of hydrogen-bond donors (Lipinski definition) is 0. The van der Waals surface area contributed by atoms with Gasteiger partial charge in [0.15, 0.2) is 14.8 Å². The van der Waals surface area contributed by atoms with E-state index in [9.17, 15) is 0 Å². The van der Waals surface area contributed by atoms with Crippen LogP contribution in [0.1, 0.15) is 26.7 Å². The number of fused-ring (bicyclic) bond motifs is 2. The predicted octanol–water partition coefficient (Wildman–Crippen LogP) is 6.86. The summed E-state index contributed by atoms with van der Waals surface area (Å²) >= 11 is 14.5. The zero-order valence-corrected chi connectivity index (χ0v) is 19.7. The third-order valence-corrected chi connectivity index (χ3v) is 13.7. The number of hydrogen-bond acceptors (Lipinski definition) is 0. The Bertz CT molecular complexity index is 799. The Morgan fingerprint density at radius 2 is 0.885 bits per heavy atom. The minimum atomic E-state index is -2.06. The van der Waals surface area contributed by atoms with Gasteiger partial charge in [-0.3, -0.25) is 0 Å². The summed E-state index contributed by atoms with van der Waals surface area (Å²) in [4.78, 5) is 0. The molecular formula is C22H28Cl2Si2. The largest absolute Gasteiger partial charge is 0.185 e. The van der Waals surface area contributed by atoms with E-state index < -0.39 is 14.8 Å². The molecule has 0 heterocycles. The lowest BCUT2D eigenvalue weighted by atomic mass is 10.0. The quantitative estimate of drug-likeness (QED) is 0.233. The van der Waals surface area contributed by atoms with Crippen LogP contribution in [0.3, 0.4) is 0 Å². The molecule has 0 aliphatic carbocycles. The van der Waals surface area contributed by atoms with Crippen molar-refractivity contribution in [2.75, 3.05) is 0 Å². The van der Waals surface area contributed by atoms with Crippen molar-refractivity contribution in [3.63, 3.8) is 0 Å². The zero-order chi connectivity index (χ0) is 18.9. The van der Waals surface area contributed by atoms with Crippen LogP contribution in [0.2, 0.25) is 25.2 Å². The average Bonchev–Trinajstić information content (AvgIpc) is 2.58. The summed E-state index contributed by atoms with van der Waals surface area (Å²) in [5, 5.41) is 8.11. The molecule has 3 aromatic carbocycles. The highest BCUT2D eigenvalue weighted by Crippen LogP contribution is 2.31. The van der Waals surface area contributed by atoms with Crippen LogP contribution in [0.15, 0.2) is 48.5 Å². The van der Waals surface area contributed by atoms with Gasteiger partial charge in [0.25, 0.3) is 0 Å². The molecule has 3 rings (SSSR count). The standard InChI is InChI=1S/C22H28Cl2Si2/c1-5-15-25(3,23)21-17-11-7-9-13-19(17)22(26(4,24)16-6-2)20-14-10-8-12-18(20)21/h7-14H,5-6,15-16H2,1-4H3. The molecule has 0 spiro atoms. The van der Waals surface area contributed by atoms with E-state index in [2.05, 4.69) is 75.5 Å². The fourth-order valence-electron chi connectivity index (χ4n) is 4.44. The lowest BCUT2D eigenvalue weighted by Gasteiger charge is -2.29. The summed E-state index contributed by atoms with van der Waals surface area (Å²) in [5.41, 5.74) is 0. The van der Waals surface area contributed by atoms with Crippen LogP contribution in [0.4, 0.5) is 0 Å². The van der Waals surface area contributed by atoms with Gasteiger partial charge >= 0.3 is 0 Å². The van der Waals surface area contributed by atoms with Crippen molar-refractivity contribution in [2.45, 2.75) is 51.9 Å². The topological polar surface area (TPSA) is 0 Å². The molecule has 0 radical (unpaired) electrons. The zero-order valence-electron chi connectivity index (χ0n) is 16.2. The fourth-order valence-corrected chi connectivity index (χ4v) is 12.3. The van der Waals surface area contributed by atoms with Gasteiger partial charge in [0.2, 0.25) is 0 Å². The van der Waals surface area contributed by atoms with Crippen molar-refractivity contribution in [1.82, 2.24) is 0 Å². The summed E-state index contributed by atoms with van der Waals surface area (Å²) in [5.74, 6) is 0. The lowest BCUT2D eigenvalue weighted by Crippen LogP contribution is -2.45. The highest BCUT2D eigenvalue weighted by atomic mass is 35.6. The second-order valence-electron chi connectivity index (χ2n) is 7.74. The van der Waals surface area contributed by atoms with Gasteiger partial charge in [-0.15, -0.1) is 0 Å². The maximum Gasteiger partial charge on any atom is 0.185 e. The van der Waals surface area contributed by atoms with Crippen LogP contribution in [0.25, 0.3) is 21.5 Å². The third-order valence-electron chi connectivity index (χ3n) is 5.41. The Labute approximate surface area is 168 Å². The molecule has 0 amide bonds. The molecule has 2 unspecified atom stereocenters. The normalized spacial score (nSPS) is 16.5. The molecule has 26 heavy (non-hydrogen) atoms. The Morgan fingerprint density at radius 3 is 1.12 bits per heavy atom. The minimum Gasteiger partial charge on any atom is -0.161 e. The Morgan fingerprint density at radius 1 is 0.615 bits per heavy atom. The van der Waals surface area contributed by atoms with Crippen LogP contribution >= 0.6 is 22.2 Å². The van der Waals surface area contributed by atoms with Gasteiger partial charge < -0.3 is 0 Å². The maximum atomic E-state index is 7.26. The van der Waals surface area contributed by atoms with Gasteiger partial charge in [0, 0.05) is 0 Å². The fraction of sp³-hybridized carbons (Fsp3) is 0.364. The first-order valence-corrected chi connectivity index (χ1v) is 17.1. The molecule has 3 aromatic rings. The third kappa shape index (κ3) is 3.49. The van der Waals surface area contributed by atoms with E-state index in [-0.39, 0.29) is 0 Å². The number of rotatable bonds is 6. The summed E-state index contributed by atoms with van der Waals surface area (Å²) in [6, 6.07) is 19.8. The molecule has 0 aliphatic rings. The van der Waals surface area contributed by atoms with Gasteiger partial charge in [0.1, 0.15) is 0 Å². The van der Waals surface area contributed by atoms with E-state index in [1.54, 1.807) is 0 Å². The monoisotopic (exact) mass is 418 g/mol. The maximum absolute atomic E-state index is 7.26. The van der Waals surface area contributed by atoms with Crippen molar-refractivity contribution in [1.29, 1.82) is 0 Å². The van der Waals surface area contributed by atoms with E-state index in [0.717, 1.165) is 24.9 Å². The smallest absolute Gasteiger partial charge is 0.161 e. The van der Waals surface area contributed by atoms with Crippen molar-refractivity contribution >= 4 is 68.8 Å². The highest BCUT2D eigenvalue weighted by molar-refractivity contribution is 7.29. The van der Waals surface area contributed by atoms with Crippen molar-refractivity contribution < 1.29 is 0 Å². The Kier molecular flexibility index (Phi) is 5.88. The van der Waals surface area contributed by atoms with E-state index in [4.69, 9.17) is 22.2 Å². The van der Waals surface area contributed by atoms with Crippen LogP contribution in [-0.2, 0) is 0 Å². The lowest BCUT2D eigenvalue weighted by molar-refractivity contribution is 1.06. The van der Waals surface area contributed by atoms with Crippen molar-refractivity contribution in [2.24, 2.45) is 0 Å². The van der Waals surface area contributed by atoms with Crippen LogP contribution in [-0.4, -0.2) is 14.8 Å². The molecule has 0 aromatic heterocycles. The molecule has 0 nitrogen and oxygen atoms in total. The van der Waals surface area contributed by atoms with E-state index in [0.29, 0.717) is 0 Å². The Hall–Kier alpha value is -0.806. The van der Waals surface area contributed by atoms with Crippen LogP contribution in [0, 0.1) is 0 Å². The van der Waals surface area contributed by atoms with Crippen LogP contribution in [0.5, 0.6) is 0 Å². The van der Waals surface area contributed by atoms with E-state index in [1.807, 2.05) is 0 Å². The second kappa shape index (κ2) is 7.67. The first-order valence-electron chi connectivity index (χ1n) is 9.65. The van der Waals surface area contributed by atoms with Gasteiger partial charge in [-0.1, -0.05) is 88.3 Å². The molecule has 0 bridgehead atoms. The van der Waals surface area contributed by atoms with Crippen molar-refractivity contribution in [3.8, 4) is 0 Å². The van der Waals surface area contributed by atoms with Gasteiger partial charge in [-0.2, -0.15) is 22.2 Å². The molecule has 2 atom stereocenters. The number of halogens is 2. The van der Waals surface area contributed by atoms with E-state index >= 15 is 0 Å². The molecule has 0 fully saturated rings. The Balaban J connectivity index is 2.52. The second-order valence-corrected chi connectivity index (χ2v) is 19.5. The van der Waals surface area contributed by atoms with Gasteiger partial charge in [-0.05, 0) is 44.0 Å². The summed E-state index contributed by atoms with van der Waals surface area (Å²) in [7, 11) is -4.13. The average molecular weight is 420 g/mol. The SMILES string of the molecule is CCC[Si](C)(Cl)c1c2ccccc2c([Si](C)(Cl)CCC)c2ccccc12. The molecule has 0 aliphatic heterocycles. The minimum absolute atomic E-state index is 1.09. The van der Waals surface area contributed by atoms with Crippen molar-refractivity contribution in [3.05, 3.63) is 48.5 Å². The first-order chi connectivity index (χ1) is 12.3. The van der Waals surface area contributed by atoms with Crippen LogP contribution < -0.4 is 10.4 Å². The molecular weight excluding hydrogens is 391 g/mol. The molecule has 0 saturated heterocycles. The first kappa shape index (κ1) is 19.9. The molecule has 138 valence electrons. The molecule has 0 saturated carbocycles. The summed E-state index contributed by atoms with van der Waals surface area (Å²) in [6.45, 7) is 9.07. The molecule has 4 heteroatoms. The highest BCUT2D eigenvalue weighted by Gasteiger charge is 2.35. The number of benzene rings is 3. The van der Waals surface area contributed by atoms with Gasteiger partial charge in [0.05, 0.1) is 0 Å². The predicted molar refractivity (Wildman–Crippen MR) is 126 cm³/mol. The summed E-state index contributed by atoms with van der Waals surface area (Å²) in [6.07, 6.45) is 2.24. The molecule has 0 N–H and O–H groups in total. The summed E-state index contributed by atoms with van der Waals surface area (Å²) < 4.78 is 0.